The highest BCUT2D eigenvalue weighted by atomic mass is 15.1. The van der Waals surface area contributed by atoms with Gasteiger partial charge < -0.3 is 0 Å². The lowest BCUT2D eigenvalue weighted by Gasteiger charge is -2.22. The Hall–Kier alpha value is -2.64. The lowest BCUT2D eigenvalue weighted by molar-refractivity contribution is 0.273. The van der Waals surface area contributed by atoms with Gasteiger partial charge in [-0.15, -0.1) is 0 Å². The Morgan fingerprint density at radius 3 is 1.48 bits per heavy atom. The summed E-state index contributed by atoms with van der Waals surface area (Å²) in [6.07, 6.45) is 0. The van der Waals surface area contributed by atoms with Crippen molar-refractivity contribution >= 4 is 21.5 Å². The minimum absolute atomic E-state index is 0.973. The minimum atomic E-state index is 0.973. The lowest BCUT2D eigenvalue weighted by Crippen LogP contribution is -2.22. The van der Waals surface area contributed by atoms with Gasteiger partial charge in [-0.25, -0.2) is 0 Å². The van der Waals surface area contributed by atoms with Crippen molar-refractivity contribution in [2.75, 3.05) is 6.54 Å². The molecule has 1 nitrogen and oxygen atoms in total. The molecule has 0 atom stereocenters. The first kappa shape index (κ1) is 15.9. The fraction of sp³-hybridized carbons (Fsp3) is 0.167. The Kier molecular flexibility index (Phi) is 4.49. The van der Waals surface area contributed by atoms with E-state index in [1.165, 1.54) is 32.7 Å². The molecule has 0 aliphatic heterocycles. The SMILES string of the molecule is CCN(Cc1cccc2ccccc12)Cc1cccc2ccccc12. The number of fused-ring (bicyclic) bond motifs is 2. The molecule has 0 saturated carbocycles. The third kappa shape index (κ3) is 3.29. The van der Waals surface area contributed by atoms with Gasteiger partial charge in [-0.3, -0.25) is 4.90 Å². The minimum Gasteiger partial charge on any atom is -0.295 e. The molecule has 0 aliphatic rings. The molecule has 0 unspecified atom stereocenters. The van der Waals surface area contributed by atoms with Gasteiger partial charge in [-0.2, -0.15) is 0 Å². The summed E-state index contributed by atoms with van der Waals surface area (Å²) >= 11 is 0. The van der Waals surface area contributed by atoms with Gasteiger partial charge in [-0.1, -0.05) is 91.9 Å². The summed E-state index contributed by atoms with van der Waals surface area (Å²) in [7, 11) is 0. The molecule has 0 saturated heterocycles. The maximum Gasteiger partial charge on any atom is 0.0243 e. The molecule has 0 N–H and O–H groups in total. The van der Waals surface area contributed by atoms with Crippen molar-refractivity contribution in [3.05, 3.63) is 96.1 Å². The largest absolute Gasteiger partial charge is 0.295 e. The third-order valence-corrected chi connectivity index (χ3v) is 4.99. The highest BCUT2D eigenvalue weighted by Gasteiger charge is 2.09. The number of rotatable bonds is 5. The molecule has 0 heterocycles. The summed E-state index contributed by atoms with van der Waals surface area (Å²) in [5, 5.41) is 5.37. The Labute approximate surface area is 149 Å². The molecule has 0 radical (unpaired) electrons. The van der Waals surface area contributed by atoms with Crippen molar-refractivity contribution in [1.29, 1.82) is 0 Å². The van der Waals surface area contributed by atoms with Crippen molar-refractivity contribution in [1.82, 2.24) is 4.90 Å². The van der Waals surface area contributed by atoms with Crippen LogP contribution < -0.4 is 0 Å². The van der Waals surface area contributed by atoms with E-state index in [0.717, 1.165) is 19.6 Å². The first-order valence-corrected chi connectivity index (χ1v) is 9.01. The van der Waals surface area contributed by atoms with Gasteiger partial charge in [-0.05, 0) is 39.2 Å². The van der Waals surface area contributed by atoms with Crippen molar-refractivity contribution in [2.24, 2.45) is 0 Å². The zero-order valence-corrected chi connectivity index (χ0v) is 14.7. The molecule has 0 fully saturated rings. The molecule has 4 aromatic rings. The molecule has 4 aromatic carbocycles. The molecular formula is C24H23N. The second-order valence-corrected chi connectivity index (χ2v) is 6.58. The topological polar surface area (TPSA) is 3.24 Å². The molecule has 1 heteroatoms. The predicted molar refractivity (Wildman–Crippen MR) is 108 cm³/mol. The summed E-state index contributed by atoms with van der Waals surface area (Å²) in [5.74, 6) is 0. The molecule has 0 aromatic heterocycles. The van der Waals surface area contributed by atoms with Gasteiger partial charge in [0.15, 0.2) is 0 Å². The molecule has 0 aliphatic carbocycles. The number of benzene rings is 4. The van der Waals surface area contributed by atoms with Crippen molar-refractivity contribution < 1.29 is 0 Å². The lowest BCUT2D eigenvalue weighted by atomic mass is 10.0. The summed E-state index contributed by atoms with van der Waals surface area (Å²) in [6.45, 7) is 5.23. The summed E-state index contributed by atoms with van der Waals surface area (Å²) in [4.78, 5) is 2.52. The highest BCUT2D eigenvalue weighted by molar-refractivity contribution is 5.86. The Bertz CT molecular complexity index is 911. The third-order valence-electron chi connectivity index (χ3n) is 4.99. The number of nitrogens with zero attached hydrogens (tertiary/aromatic N) is 1. The Morgan fingerprint density at radius 1 is 0.560 bits per heavy atom. The number of hydrogen-bond acceptors (Lipinski definition) is 1. The van der Waals surface area contributed by atoms with E-state index in [1.54, 1.807) is 0 Å². The van der Waals surface area contributed by atoms with E-state index in [9.17, 15) is 0 Å². The second kappa shape index (κ2) is 7.08. The van der Waals surface area contributed by atoms with E-state index in [1.807, 2.05) is 0 Å². The molecule has 25 heavy (non-hydrogen) atoms. The maximum absolute atomic E-state index is 2.52. The zero-order chi connectivity index (χ0) is 17.1. The van der Waals surface area contributed by atoms with Gasteiger partial charge in [0.25, 0.3) is 0 Å². The van der Waals surface area contributed by atoms with E-state index in [2.05, 4.69) is 96.8 Å². The van der Waals surface area contributed by atoms with Crippen LogP contribution in [0.4, 0.5) is 0 Å². The smallest absolute Gasteiger partial charge is 0.0243 e. The molecule has 0 bridgehead atoms. The van der Waals surface area contributed by atoms with Gasteiger partial charge in [0.1, 0.15) is 0 Å². The van der Waals surface area contributed by atoms with Crippen molar-refractivity contribution in [2.45, 2.75) is 20.0 Å². The van der Waals surface area contributed by atoms with Crippen LogP contribution in [-0.2, 0) is 13.1 Å². The second-order valence-electron chi connectivity index (χ2n) is 6.58. The molecule has 124 valence electrons. The molecule has 0 spiro atoms. The average molecular weight is 325 g/mol. The van der Waals surface area contributed by atoms with Crippen LogP contribution in [0.2, 0.25) is 0 Å². The fourth-order valence-corrected chi connectivity index (χ4v) is 3.62. The zero-order valence-electron chi connectivity index (χ0n) is 14.7. The average Bonchev–Trinajstić information content (AvgIpc) is 2.68. The van der Waals surface area contributed by atoms with Crippen LogP contribution in [0, 0.1) is 0 Å². The van der Waals surface area contributed by atoms with Crippen LogP contribution >= 0.6 is 0 Å². The van der Waals surface area contributed by atoms with Crippen molar-refractivity contribution in [3.63, 3.8) is 0 Å². The first-order chi connectivity index (χ1) is 12.3. The highest BCUT2D eigenvalue weighted by Crippen LogP contribution is 2.23. The standard InChI is InChI=1S/C24H23N/c1-2-25(17-21-13-7-11-19-9-3-5-15-23(19)21)18-22-14-8-12-20-10-4-6-16-24(20)22/h3-16H,2,17-18H2,1H3. The van der Waals surface area contributed by atoms with Crippen LogP contribution in [0.1, 0.15) is 18.1 Å². The predicted octanol–water partition coefficient (Wildman–Crippen LogP) is 6.02. The van der Waals surface area contributed by atoms with Gasteiger partial charge in [0.05, 0.1) is 0 Å². The van der Waals surface area contributed by atoms with Crippen LogP contribution in [0.3, 0.4) is 0 Å². The molecular weight excluding hydrogens is 302 g/mol. The van der Waals surface area contributed by atoms with E-state index in [0.29, 0.717) is 0 Å². The van der Waals surface area contributed by atoms with Crippen LogP contribution in [-0.4, -0.2) is 11.4 Å². The van der Waals surface area contributed by atoms with Crippen LogP contribution in [0.25, 0.3) is 21.5 Å². The van der Waals surface area contributed by atoms with E-state index in [-0.39, 0.29) is 0 Å². The molecule has 4 rings (SSSR count). The Morgan fingerprint density at radius 2 is 1.00 bits per heavy atom. The first-order valence-electron chi connectivity index (χ1n) is 9.01. The molecule has 0 amide bonds. The monoisotopic (exact) mass is 325 g/mol. The van der Waals surface area contributed by atoms with Gasteiger partial charge in [0.2, 0.25) is 0 Å². The summed E-state index contributed by atoms with van der Waals surface area (Å²) in [6, 6.07) is 30.6. The van der Waals surface area contributed by atoms with Crippen LogP contribution in [0.5, 0.6) is 0 Å². The van der Waals surface area contributed by atoms with E-state index in [4.69, 9.17) is 0 Å². The van der Waals surface area contributed by atoms with Crippen molar-refractivity contribution in [3.8, 4) is 0 Å². The van der Waals surface area contributed by atoms with E-state index < -0.39 is 0 Å². The quantitative estimate of drug-likeness (QED) is 0.434. The van der Waals surface area contributed by atoms with Crippen LogP contribution in [0.15, 0.2) is 84.9 Å². The van der Waals surface area contributed by atoms with Gasteiger partial charge in [0, 0.05) is 13.1 Å². The number of hydrogen-bond donors (Lipinski definition) is 0. The van der Waals surface area contributed by atoms with E-state index >= 15 is 0 Å². The summed E-state index contributed by atoms with van der Waals surface area (Å²) < 4.78 is 0. The van der Waals surface area contributed by atoms with Gasteiger partial charge >= 0.3 is 0 Å². The maximum atomic E-state index is 2.52. The Balaban J connectivity index is 1.64. The fourth-order valence-electron chi connectivity index (χ4n) is 3.62. The normalized spacial score (nSPS) is 11.4. The summed E-state index contributed by atoms with van der Waals surface area (Å²) in [5.41, 5.74) is 2.81.